The van der Waals surface area contributed by atoms with E-state index in [2.05, 4.69) is 0 Å². The number of halogens is 1. The van der Waals surface area contributed by atoms with Crippen molar-refractivity contribution >= 4 is 23.6 Å². The molecule has 0 aliphatic carbocycles. The molecule has 0 spiro atoms. The second kappa shape index (κ2) is 8.80. The second-order valence-corrected chi connectivity index (χ2v) is 5.81. The standard InChI is InChI=1S/C17H23ClN2O5/c1-4-24-15-13(18)10-12(11-14(15)23-3)16(21)19-6-8-20(9-7-19)17(22)25-5-2/h10-11H,4-9H2,1-3H3. The summed E-state index contributed by atoms with van der Waals surface area (Å²) in [5.41, 5.74) is 0.426. The number of ether oxygens (including phenoxy) is 3. The third-order valence-electron chi connectivity index (χ3n) is 3.86. The van der Waals surface area contributed by atoms with Crippen LogP contribution in [0.15, 0.2) is 12.1 Å². The minimum atomic E-state index is -0.347. The molecule has 0 bridgehead atoms. The summed E-state index contributed by atoms with van der Waals surface area (Å²) in [4.78, 5) is 27.7. The Morgan fingerprint density at radius 2 is 1.72 bits per heavy atom. The molecule has 1 fully saturated rings. The van der Waals surface area contributed by atoms with Gasteiger partial charge in [0.1, 0.15) is 0 Å². The molecule has 7 nitrogen and oxygen atoms in total. The molecule has 2 amide bonds. The van der Waals surface area contributed by atoms with E-state index in [1.807, 2.05) is 6.92 Å². The molecule has 1 heterocycles. The third-order valence-corrected chi connectivity index (χ3v) is 4.14. The summed E-state index contributed by atoms with van der Waals surface area (Å²) in [6.07, 6.45) is -0.347. The Hall–Kier alpha value is -2.15. The van der Waals surface area contributed by atoms with Crippen LogP contribution in [0.5, 0.6) is 11.5 Å². The number of amides is 2. The second-order valence-electron chi connectivity index (χ2n) is 5.40. The molecule has 1 saturated heterocycles. The smallest absolute Gasteiger partial charge is 0.409 e. The summed E-state index contributed by atoms with van der Waals surface area (Å²) >= 11 is 6.23. The summed E-state index contributed by atoms with van der Waals surface area (Å²) in [5, 5.41) is 0.328. The fourth-order valence-electron chi connectivity index (χ4n) is 2.62. The van der Waals surface area contributed by atoms with Gasteiger partial charge in [0.25, 0.3) is 5.91 Å². The van der Waals surface area contributed by atoms with Crippen LogP contribution in [0.4, 0.5) is 4.79 Å². The summed E-state index contributed by atoms with van der Waals surface area (Å²) < 4.78 is 15.7. The number of carbonyl (C=O) groups excluding carboxylic acids is 2. The molecular weight excluding hydrogens is 348 g/mol. The van der Waals surface area contributed by atoms with Crippen molar-refractivity contribution in [3.63, 3.8) is 0 Å². The SMILES string of the molecule is CCOC(=O)N1CCN(C(=O)c2cc(Cl)c(OCC)c(OC)c2)CC1. The highest BCUT2D eigenvalue weighted by molar-refractivity contribution is 6.32. The summed E-state index contributed by atoms with van der Waals surface area (Å²) in [6, 6.07) is 3.20. The van der Waals surface area contributed by atoms with Gasteiger partial charge in [-0.3, -0.25) is 4.79 Å². The molecule has 0 atom stereocenters. The molecule has 1 aromatic carbocycles. The van der Waals surface area contributed by atoms with Crippen LogP contribution in [0.1, 0.15) is 24.2 Å². The Morgan fingerprint density at radius 3 is 2.28 bits per heavy atom. The molecule has 1 aliphatic heterocycles. The van der Waals surface area contributed by atoms with E-state index in [-0.39, 0.29) is 12.0 Å². The van der Waals surface area contributed by atoms with Crippen LogP contribution in [-0.4, -0.2) is 68.3 Å². The van der Waals surface area contributed by atoms with Crippen LogP contribution < -0.4 is 9.47 Å². The lowest BCUT2D eigenvalue weighted by molar-refractivity contribution is 0.0570. The molecular formula is C17H23ClN2O5. The monoisotopic (exact) mass is 370 g/mol. The maximum Gasteiger partial charge on any atom is 0.409 e. The Balaban J connectivity index is 2.09. The number of hydrogen-bond acceptors (Lipinski definition) is 5. The van der Waals surface area contributed by atoms with Gasteiger partial charge in [0.2, 0.25) is 0 Å². The van der Waals surface area contributed by atoms with Crippen molar-refractivity contribution in [2.45, 2.75) is 13.8 Å². The van der Waals surface area contributed by atoms with E-state index in [1.165, 1.54) is 7.11 Å². The van der Waals surface area contributed by atoms with Crippen LogP contribution in [0.3, 0.4) is 0 Å². The van der Waals surface area contributed by atoms with Crippen LogP contribution in [0.25, 0.3) is 0 Å². The zero-order valence-electron chi connectivity index (χ0n) is 14.7. The average Bonchev–Trinajstić information content (AvgIpc) is 2.63. The van der Waals surface area contributed by atoms with E-state index in [0.29, 0.717) is 61.5 Å². The maximum absolute atomic E-state index is 12.7. The number of hydrogen-bond donors (Lipinski definition) is 0. The highest BCUT2D eigenvalue weighted by Gasteiger charge is 2.26. The van der Waals surface area contributed by atoms with E-state index < -0.39 is 0 Å². The lowest BCUT2D eigenvalue weighted by Crippen LogP contribution is -2.50. The minimum absolute atomic E-state index is 0.160. The minimum Gasteiger partial charge on any atom is -0.493 e. The van der Waals surface area contributed by atoms with Crippen molar-refractivity contribution in [1.82, 2.24) is 9.80 Å². The Labute approximate surface area is 152 Å². The molecule has 0 aromatic heterocycles. The van der Waals surface area contributed by atoms with Gasteiger partial charge in [-0.1, -0.05) is 11.6 Å². The molecule has 25 heavy (non-hydrogen) atoms. The number of piperazine rings is 1. The lowest BCUT2D eigenvalue weighted by Gasteiger charge is -2.34. The molecule has 0 saturated carbocycles. The van der Waals surface area contributed by atoms with Crippen LogP contribution in [0.2, 0.25) is 5.02 Å². The summed E-state index contributed by atoms with van der Waals surface area (Å²) in [7, 11) is 1.50. The predicted octanol–water partition coefficient (Wildman–Crippen LogP) is 2.66. The number of benzene rings is 1. The van der Waals surface area contributed by atoms with Crippen LogP contribution in [-0.2, 0) is 4.74 Å². The fraction of sp³-hybridized carbons (Fsp3) is 0.529. The topological polar surface area (TPSA) is 68.3 Å². The van der Waals surface area contributed by atoms with E-state index in [1.54, 1.807) is 28.9 Å². The van der Waals surface area contributed by atoms with Crippen LogP contribution >= 0.6 is 11.6 Å². The van der Waals surface area contributed by atoms with Crippen molar-refractivity contribution < 1.29 is 23.8 Å². The molecule has 1 aliphatic rings. The highest BCUT2D eigenvalue weighted by atomic mass is 35.5. The molecule has 0 radical (unpaired) electrons. The van der Waals surface area contributed by atoms with E-state index in [4.69, 9.17) is 25.8 Å². The largest absolute Gasteiger partial charge is 0.493 e. The molecule has 0 N–H and O–H groups in total. The summed E-state index contributed by atoms with van der Waals surface area (Å²) in [5.74, 6) is 0.685. The van der Waals surface area contributed by atoms with Gasteiger partial charge in [0.15, 0.2) is 11.5 Å². The van der Waals surface area contributed by atoms with Gasteiger partial charge in [0.05, 0.1) is 25.3 Å². The third kappa shape index (κ3) is 4.48. The van der Waals surface area contributed by atoms with Crippen molar-refractivity contribution in [1.29, 1.82) is 0 Å². The number of nitrogens with zero attached hydrogens (tertiary/aromatic N) is 2. The zero-order valence-corrected chi connectivity index (χ0v) is 15.5. The molecule has 8 heteroatoms. The fourth-order valence-corrected chi connectivity index (χ4v) is 2.88. The first kappa shape index (κ1) is 19.2. The van der Waals surface area contributed by atoms with Gasteiger partial charge in [-0.2, -0.15) is 0 Å². The van der Waals surface area contributed by atoms with Gasteiger partial charge in [0, 0.05) is 31.7 Å². The Morgan fingerprint density at radius 1 is 1.08 bits per heavy atom. The van der Waals surface area contributed by atoms with Gasteiger partial charge in [-0.25, -0.2) is 4.79 Å². The van der Waals surface area contributed by atoms with Gasteiger partial charge in [-0.05, 0) is 26.0 Å². The maximum atomic E-state index is 12.7. The van der Waals surface area contributed by atoms with Gasteiger partial charge < -0.3 is 24.0 Å². The molecule has 1 aromatic rings. The molecule has 0 unspecified atom stereocenters. The van der Waals surface area contributed by atoms with Crippen molar-refractivity contribution in [2.24, 2.45) is 0 Å². The molecule has 138 valence electrons. The number of rotatable bonds is 5. The van der Waals surface area contributed by atoms with Gasteiger partial charge >= 0.3 is 6.09 Å². The van der Waals surface area contributed by atoms with Crippen molar-refractivity contribution in [3.05, 3.63) is 22.7 Å². The van der Waals surface area contributed by atoms with Crippen LogP contribution in [0, 0.1) is 0 Å². The lowest BCUT2D eigenvalue weighted by atomic mass is 10.1. The molecule has 2 rings (SSSR count). The van der Waals surface area contributed by atoms with E-state index in [0.717, 1.165) is 0 Å². The number of methoxy groups -OCH3 is 1. The van der Waals surface area contributed by atoms with E-state index in [9.17, 15) is 9.59 Å². The Kier molecular flexibility index (Phi) is 6.75. The summed E-state index contributed by atoms with van der Waals surface area (Å²) in [6.45, 7) is 6.13. The zero-order chi connectivity index (χ0) is 18.4. The highest BCUT2D eigenvalue weighted by Crippen LogP contribution is 2.36. The average molecular weight is 371 g/mol. The number of carbonyl (C=O) groups is 2. The van der Waals surface area contributed by atoms with Crippen molar-refractivity contribution in [3.8, 4) is 11.5 Å². The first-order valence-corrected chi connectivity index (χ1v) is 8.60. The van der Waals surface area contributed by atoms with Crippen molar-refractivity contribution in [2.75, 3.05) is 46.5 Å². The Bertz CT molecular complexity index is 630. The first-order chi connectivity index (χ1) is 12.0. The predicted molar refractivity (Wildman–Crippen MR) is 93.7 cm³/mol. The normalized spacial score (nSPS) is 14.2. The van der Waals surface area contributed by atoms with Gasteiger partial charge in [-0.15, -0.1) is 0 Å². The first-order valence-electron chi connectivity index (χ1n) is 8.23. The quantitative estimate of drug-likeness (QED) is 0.797. The van der Waals surface area contributed by atoms with E-state index >= 15 is 0 Å².